The van der Waals surface area contributed by atoms with Crippen LogP contribution >= 0.6 is 0 Å². The van der Waals surface area contributed by atoms with Gasteiger partial charge in [-0.1, -0.05) is 33.8 Å². The highest BCUT2D eigenvalue weighted by Crippen LogP contribution is 2.45. The third kappa shape index (κ3) is 4.18. The van der Waals surface area contributed by atoms with Gasteiger partial charge in [0.15, 0.2) is 0 Å². The Bertz CT molecular complexity index is 739. The van der Waals surface area contributed by atoms with Crippen LogP contribution in [0.25, 0.3) is 0 Å². The van der Waals surface area contributed by atoms with Gasteiger partial charge in [0.05, 0.1) is 12.7 Å². The van der Waals surface area contributed by atoms with Crippen molar-refractivity contribution < 1.29 is 14.3 Å². The minimum Gasteiger partial charge on any atom is -0.373 e. The predicted octanol–water partition coefficient (Wildman–Crippen LogP) is 3.01. The van der Waals surface area contributed by atoms with Gasteiger partial charge in [-0.05, 0) is 46.9 Å². The summed E-state index contributed by atoms with van der Waals surface area (Å²) in [6, 6.07) is 6.23. The minimum atomic E-state index is -0.153. The maximum Gasteiger partial charge on any atom is 0.254 e. The molecule has 1 saturated heterocycles. The molecule has 1 atom stereocenters. The number of ether oxygens (including phenoxy) is 1. The van der Waals surface area contributed by atoms with Crippen LogP contribution in [0.5, 0.6) is 0 Å². The molecule has 2 aliphatic rings. The van der Waals surface area contributed by atoms with Gasteiger partial charge in [-0.15, -0.1) is 0 Å². The summed E-state index contributed by atoms with van der Waals surface area (Å²) < 4.78 is 5.69. The van der Waals surface area contributed by atoms with E-state index < -0.39 is 0 Å². The number of fused-ring (bicyclic) bond motifs is 1. The van der Waals surface area contributed by atoms with E-state index in [2.05, 4.69) is 45.1 Å². The molecule has 1 aliphatic carbocycles. The largest absolute Gasteiger partial charge is 0.373 e. The highest BCUT2D eigenvalue weighted by atomic mass is 16.5. The fourth-order valence-electron chi connectivity index (χ4n) is 4.19. The van der Waals surface area contributed by atoms with Crippen molar-refractivity contribution in [3.05, 3.63) is 34.9 Å². The van der Waals surface area contributed by atoms with Crippen molar-refractivity contribution in [3.63, 3.8) is 0 Å². The molecule has 1 N–H and O–H groups in total. The van der Waals surface area contributed by atoms with Gasteiger partial charge < -0.3 is 15.0 Å². The quantitative estimate of drug-likeness (QED) is 0.887. The Morgan fingerprint density at radius 1 is 1.15 bits per heavy atom. The van der Waals surface area contributed by atoms with Crippen LogP contribution in [0.3, 0.4) is 0 Å². The Labute approximate surface area is 162 Å². The van der Waals surface area contributed by atoms with E-state index in [4.69, 9.17) is 4.74 Å². The second-order valence-electron chi connectivity index (χ2n) is 9.21. The molecule has 2 amide bonds. The molecule has 27 heavy (non-hydrogen) atoms. The second-order valence-corrected chi connectivity index (χ2v) is 9.21. The highest BCUT2D eigenvalue weighted by molar-refractivity contribution is 5.94. The molecule has 0 bridgehead atoms. The molecule has 1 aromatic rings. The number of amides is 2. The standard InChI is InChI=1S/C22H32N2O3/c1-15(25)23-13-17-14-24(10-11-27-17)20(26)16-6-7-18-19(12-16)22(4,5)9-8-21(18,2)3/h6-7,12,17H,8-11,13-14H2,1-5H3,(H,23,25). The first-order chi connectivity index (χ1) is 12.6. The molecule has 0 radical (unpaired) electrons. The van der Waals surface area contributed by atoms with Crippen LogP contribution < -0.4 is 5.32 Å². The van der Waals surface area contributed by atoms with E-state index in [0.29, 0.717) is 26.2 Å². The molecule has 1 heterocycles. The Morgan fingerprint density at radius 3 is 2.48 bits per heavy atom. The van der Waals surface area contributed by atoms with Crippen LogP contribution in [0, 0.1) is 0 Å². The lowest BCUT2D eigenvalue weighted by Gasteiger charge is -2.42. The molecular formula is C22H32N2O3. The first-order valence-electron chi connectivity index (χ1n) is 9.90. The van der Waals surface area contributed by atoms with Crippen LogP contribution in [0.2, 0.25) is 0 Å². The van der Waals surface area contributed by atoms with Crippen molar-refractivity contribution in [2.75, 3.05) is 26.2 Å². The second kappa shape index (κ2) is 7.27. The zero-order valence-corrected chi connectivity index (χ0v) is 17.2. The number of hydrogen-bond acceptors (Lipinski definition) is 3. The van der Waals surface area contributed by atoms with Gasteiger partial charge in [0.2, 0.25) is 5.91 Å². The summed E-state index contributed by atoms with van der Waals surface area (Å²) in [5.74, 6) is -0.0327. The Hall–Kier alpha value is -1.88. The monoisotopic (exact) mass is 372 g/mol. The molecule has 5 heteroatoms. The molecule has 5 nitrogen and oxygen atoms in total. The number of carbonyl (C=O) groups is 2. The molecule has 1 unspecified atom stereocenters. The molecule has 3 rings (SSSR count). The molecule has 0 aromatic heterocycles. The third-order valence-corrected chi connectivity index (χ3v) is 6.10. The number of nitrogens with zero attached hydrogens (tertiary/aromatic N) is 1. The number of morpholine rings is 1. The topological polar surface area (TPSA) is 58.6 Å². The van der Waals surface area contributed by atoms with E-state index in [1.165, 1.54) is 18.1 Å². The minimum absolute atomic E-state index is 0.0492. The highest BCUT2D eigenvalue weighted by Gasteiger charge is 2.37. The SMILES string of the molecule is CC(=O)NCC1CN(C(=O)c2ccc3c(c2)C(C)(C)CCC3(C)C)CCO1. The van der Waals surface area contributed by atoms with E-state index in [0.717, 1.165) is 18.4 Å². The molecule has 0 saturated carbocycles. The maximum atomic E-state index is 13.1. The number of carbonyl (C=O) groups excluding carboxylic acids is 2. The summed E-state index contributed by atoms with van der Waals surface area (Å²) in [6.45, 7) is 12.6. The van der Waals surface area contributed by atoms with Gasteiger partial charge in [-0.2, -0.15) is 0 Å². The third-order valence-electron chi connectivity index (χ3n) is 6.10. The maximum absolute atomic E-state index is 13.1. The fourth-order valence-corrected chi connectivity index (χ4v) is 4.19. The van der Waals surface area contributed by atoms with E-state index in [9.17, 15) is 9.59 Å². The average Bonchev–Trinajstić information content (AvgIpc) is 2.63. The normalized spacial score (nSPS) is 23.4. The van der Waals surface area contributed by atoms with Gasteiger partial charge in [-0.3, -0.25) is 9.59 Å². The lowest BCUT2D eigenvalue weighted by Crippen LogP contribution is -2.49. The van der Waals surface area contributed by atoms with Gasteiger partial charge in [0, 0.05) is 32.1 Å². The van der Waals surface area contributed by atoms with Crippen molar-refractivity contribution in [2.45, 2.75) is 64.4 Å². The molecule has 148 valence electrons. The lowest BCUT2D eigenvalue weighted by molar-refractivity contribution is -0.120. The Kier molecular flexibility index (Phi) is 5.35. The molecule has 1 aliphatic heterocycles. The summed E-state index contributed by atoms with van der Waals surface area (Å²) in [5.41, 5.74) is 3.64. The summed E-state index contributed by atoms with van der Waals surface area (Å²) in [4.78, 5) is 26.1. The van der Waals surface area contributed by atoms with E-state index >= 15 is 0 Å². The van der Waals surface area contributed by atoms with Crippen LogP contribution in [0.1, 0.15) is 68.9 Å². The zero-order chi connectivity index (χ0) is 19.8. The first kappa shape index (κ1) is 19.9. The lowest BCUT2D eigenvalue weighted by atomic mass is 9.63. The van der Waals surface area contributed by atoms with Gasteiger partial charge in [0.25, 0.3) is 5.91 Å². The molecule has 0 spiro atoms. The summed E-state index contributed by atoms with van der Waals surface area (Å²) in [7, 11) is 0. The van der Waals surface area contributed by atoms with Gasteiger partial charge in [0.1, 0.15) is 0 Å². The molecule has 1 fully saturated rings. The van der Waals surface area contributed by atoms with Crippen LogP contribution in [-0.2, 0) is 20.4 Å². The van der Waals surface area contributed by atoms with Gasteiger partial charge >= 0.3 is 0 Å². The Morgan fingerprint density at radius 2 is 1.81 bits per heavy atom. The van der Waals surface area contributed by atoms with Crippen molar-refractivity contribution in [1.82, 2.24) is 10.2 Å². The van der Waals surface area contributed by atoms with E-state index in [-0.39, 0.29) is 28.7 Å². The van der Waals surface area contributed by atoms with Crippen molar-refractivity contribution in [1.29, 1.82) is 0 Å². The fraction of sp³-hybridized carbons (Fsp3) is 0.636. The number of rotatable bonds is 3. The van der Waals surface area contributed by atoms with Crippen LogP contribution in [0.15, 0.2) is 18.2 Å². The predicted molar refractivity (Wildman–Crippen MR) is 106 cm³/mol. The van der Waals surface area contributed by atoms with Crippen molar-refractivity contribution in [3.8, 4) is 0 Å². The Balaban J connectivity index is 1.80. The van der Waals surface area contributed by atoms with Gasteiger partial charge in [-0.25, -0.2) is 0 Å². The molecule has 1 aromatic carbocycles. The zero-order valence-electron chi connectivity index (χ0n) is 17.2. The van der Waals surface area contributed by atoms with E-state index in [1.54, 1.807) is 0 Å². The summed E-state index contributed by atoms with van der Waals surface area (Å²) in [6.07, 6.45) is 2.13. The van der Waals surface area contributed by atoms with E-state index in [1.807, 2.05) is 11.0 Å². The average molecular weight is 373 g/mol. The van der Waals surface area contributed by atoms with Crippen molar-refractivity contribution >= 4 is 11.8 Å². The molecular weight excluding hydrogens is 340 g/mol. The smallest absolute Gasteiger partial charge is 0.254 e. The summed E-state index contributed by atoms with van der Waals surface area (Å²) in [5, 5.41) is 2.77. The van der Waals surface area contributed by atoms with Crippen LogP contribution in [0.4, 0.5) is 0 Å². The van der Waals surface area contributed by atoms with Crippen molar-refractivity contribution in [2.24, 2.45) is 0 Å². The van der Waals surface area contributed by atoms with Crippen LogP contribution in [-0.4, -0.2) is 49.1 Å². The number of nitrogens with one attached hydrogen (secondary N) is 1. The first-order valence-corrected chi connectivity index (χ1v) is 9.90. The number of hydrogen-bond donors (Lipinski definition) is 1. The number of benzene rings is 1. The summed E-state index contributed by atoms with van der Waals surface area (Å²) >= 11 is 0.